The quantitative estimate of drug-likeness (QED) is 0.784. The first kappa shape index (κ1) is 17.4. The van der Waals surface area contributed by atoms with E-state index in [0.29, 0.717) is 31.8 Å². The van der Waals surface area contributed by atoms with Crippen molar-refractivity contribution in [1.29, 1.82) is 0 Å². The van der Waals surface area contributed by atoms with Gasteiger partial charge in [-0.3, -0.25) is 9.09 Å². The Bertz CT molecular complexity index is 610. The van der Waals surface area contributed by atoms with E-state index < -0.39 is 24.2 Å². The summed E-state index contributed by atoms with van der Waals surface area (Å²) in [5, 5.41) is 0. The van der Waals surface area contributed by atoms with Crippen molar-refractivity contribution in [3.8, 4) is 5.75 Å². The molecule has 0 aromatic heterocycles. The molecule has 1 N–H and O–H groups in total. The molecule has 0 saturated carbocycles. The summed E-state index contributed by atoms with van der Waals surface area (Å²) in [5.74, 6) is 0.351. The number of benzene rings is 1. The smallest absolute Gasteiger partial charge is 0.317 e. The SMILES string of the molecule is COc1ccc(C2CCN(S(=O)(=O)CO[PH](=O)O)CC2)cc1. The summed E-state index contributed by atoms with van der Waals surface area (Å²) in [7, 11) is -5.26. The van der Waals surface area contributed by atoms with Crippen LogP contribution in [0.3, 0.4) is 0 Å². The molecule has 0 radical (unpaired) electrons. The van der Waals surface area contributed by atoms with Crippen molar-refractivity contribution < 1.29 is 27.1 Å². The van der Waals surface area contributed by atoms with Crippen molar-refractivity contribution in [3.05, 3.63) is 29.8 Å². The number of rotatable bonds is 6. The Labute approximate surface area is 130 Å². The van der Waals surface area contributed by atoms with Gasteiger partial charge < -0.3 is 9.63 Å². The topological polar surface area (TPSA) is 93.1 Å². The number of ether oxygens (including phenoxy) is 1. The molecule has 0 aliphatic carbocycles. The van der Waals surface area contributed by atoms with Crippen molar-refractivity contribution >= 4 is 18.3 Å². The minimum Gasteiger partial charge on any atom is -0.497 e. The van der Waals surface area contributed by atoms with Gasteiger partial charge in [0.2, 0.25) is 10.0 Å². The number of nitrogens with zero attached hydrogens (tertiary/aromatic N) is 1. The Morgan fingerprint density at radius 2 is 1.86 bits per heavy atom. The first-order valence-electron chi connectivity index (χ1n) is 6.90. The third-order valence-electron chi connectivity index (χ3n) is 3.77. The van der Waals surface area contributed by atoms with Gasteiger partial charge in [0.25, 0.3) is 0 Å². The molecule has 1 saturated heterocycles. The molecule has 1 aliphatic rings. The Morgan fingerprint density at radius 1 is 1.27 bits per heavy atom. The molecule has 9 heteroatoms. The van der Waals surface area contributed by atoms with E-state index in [9.17, 15) is 13.0 Å². The van der Waals surface area contributed by atoms with Gasteiger partial charge in [0.05, 0.1) is 7.11 Å². The molecule has 22 heavy (non-hydrogen) atoms. The molecular formula is C13H20NO6PS. The van der Waals surface area contributed by atoms with Gasteiger partial charge in [-0.1, -0.05) is 12.1 Å². The van der Waals surface area contributed by atoms with Gasteiger partial charge in [0.15, 0.2) is 5.94 Å². The molecule has 0 bridgehead atoms. The standard InChI is InChI=1S/C13H20NO6PS/c1-19-13-4-2-11(3-5-13)12-6-8-14(9-7-12)22(17,18)10-20-21(15)16/h2-5,12,21H,6-10H2,1H3,(H,15,16). The Balaban J connectivity index is 1.93. The highest BCUT2D eigenvalue weighted by Gasteiger charge is 2.29. The van der Waals surface area contributed by atoms with Gasteiger partial charge in [-0.05, 0) is 36.5 Å². The number of hydrogen-bond donors (Lipinski definition) is 1. The summed E-state index contributed by atoms with van der Waals surface area (Å²) in [6, 6.07) is 7.78. The zero-order chi connectivity index (χ0) is 16.2. The van der Waals surface area contributed by atoms with Crippen LogP contribution in [0.2, 0.25) is 0 Å². The van der Waals surface area contributed by atoms with Crippen LogP contribution in [0, 0.1) is 0 Å². The second-order valence-electron chi connectivity index (χ2n) is 5.09. The molecule has 7 nitrogen and oxygen atoms in total. The maximum Gasteiger partial charge on any atom is 0.317 e. The zero-order valence-corrected chi connectivity index (χ0v) is 14.1. The molecule has 1 heterocycles. The van der Waals surface area contributed by atoms with Crippen molar-refractivity contribution in [1.82, 2.24) is 4.31 Å². The molecule has 1 aliphatic heterocycles. The largest absolute Gasteiger partial charge is 0.497 e. The number of hydrogen-bond acceptors (Lipinski definition) is 5. The Kier molecular flexibility index (Phi) is 6.00. The molecule has 2 rings (SSSR count). The van der Waals surface area contributed by atoms with E-state index in [1.165, 1.54) is 4.31 Å². The van der Waals surface area contributed by atoms with Crippen LogP contribution in [0.4, 0.5) is 0 Å². The summed E-state index contributed by atoms with van der Waals surface area (Å²) >= 11 is 0. The van der Waals surface area contributed by atoms with Gasteiger partial charge in [-0.2, -0.15) is 4.31 Å². The fourth-order valence-electron chi connectivity index (χ4n) is 2.54. The van der Waals surface area contributed by atoms with Gasteiger partial charge in [-0.25, -0.2) is 8.42 Å². The lowest BCUT2D eigenvalue weighted by Crippen LogP contribution is -2.39. The van der Waals surface area contributed by atoms with Gasteiger partial charge in [-0.15, -0.1) is 0 Å². The lowest BCUT2D eigenvalue weighted by molar-refractivity contribution is 0.287. The third kappa shape index (κ3) is 4.54. The Morgan fingerprint density at radius 3 is 2.36 bits per heavy atom. The summed E-state index contributed by atoms with van der Waals surface area (Å²) in [6.45, 7) is 0.767. The molecule has 1 aromatic rings. The van der Waals surface area contributed by atoms with Gasteiger partial charge in [0, 0.05) is 13.1 Å². The van der Waals surface area contributed by atoms with Crippen LogP contribution in [0.25, 0.3) is 0 Å². The van der Waals surface area contributed by atoms with E-state index in [0.717, 1.165) is 11.3 Å². The zero-order valence-electron chi connectivity index (χ0n) is 12.3. The maximum absolute atomic E-state index is 12.0. The van der Waals surface area contributed by atoms with Crippen molar-refractivity contribution in [2.24, 2.45) is 0 Å². The third-order valence-corrected chi connectivity index (χ3v) is 5.93. The van der Waals surface area contributed by atoms with Crippen molar-refractivity contribution in [2.45, 2.75) is 18.8 Å². The summed E-state index contributed by atoms with van der Waals surface area (Å²) in [5.41, 5.74) is 1.16. The van der Waals surface area contributed by atoms with Crippen LogP contribution in [0.1, 0.15) is 24.3 Å². The van der Waals surface area contributed by atoms with Gasteiger partial charge >= 0.3 is 8.25 Å². The summed E-state index contributed by atoms with van der Waals surface area (Å²) < 4.78 is 45.2. The van der Waals surface area contributed by atoms with E-state index in [1.54, 1.807) is 7.11 Å². The molecule has 1 fully saturated rings. The number of sulfonamides is 1. The molecular weight excluding hydrogens is 329 g/mol. The average molecular weight is 349 g/mol. The molecule has 1 aromatic carbocycles. The van der Waals surface area contributed by atoms with Crippen LogP contribution >= 0.6 is 8.25 Å². The maximum atomic E-state index is 12.0. The summed E-state index contributed by atoms with van der Waals surface area (Å²) in [4.78, 5) is 8.58. The molecule has 1 atom stereocenters. The van der Waals surface area contributed by atoms with Crippen LogP contribution in [-0.2, 0) is 19.1 Å². The highest BCUT2D eigenvalue weighted by Crippen LogP contribution is 2.30. The monoisotopic (exact) mass is 349 g/mol. The van der Waals surface area contributed by atoms with Crippen LogP contribution in [0.5, 0.6) is 5.75 Å². The number of methoxy groups -OCH3 is 1. The van der Waals surface area contributed by atoms with Crippen molar-refractivity contribution in [3.63, 3.8) is 0 Å². The first-order chi connectivity index (χ1) is 10.4. The van der Waals surface area contributed by atoms with Crippen LogP contribution < -0.4 is 4.74 Å². The highest BCUT2D eigenvalue weighted by molar-refractivity contribution is 7.89. The minimum atomic E-state index is -3.64. The lowest BCUT2D eigenvalue weighted by Gasteiger charge is -2.31. The first-order valence-corrected chi connectivity index (χ1v) is 9.77. The second-order valence-corrected chi connectivity index (χ2v) is 7.82. The fourth-order valence-corrected chi connectivity index (χ4v) is 4.46. The fraction of sp³-hybridized carbons (Fsp3) is 0.538. The molecule has 1 unspecified atom stereocenters. The normalized spacial score (nSPS) is 19.0. The predicted octanol–water partition coefficient (Wildman–Crippen LogP) is 1.56. The Hall–Kier alpha value is -0.920. The second kappa shape index (κ2) is 7.57. The average Bonchev–Trinajstić information content (AvgIpc) is 2.53. The van der Waals surface area contributed by atoms with E-state index in [4.69, 9.17) is 9.63 Å². The summed E-state index contributed by atoms with van der Waals surface area (Å²) in [6.07, 6.45) is 1.42. The number of piperidine rings is 1. The van der Waals surface area contributed by atoms with E-state index >= 15 is 0 Å². The van der Waals surface area contributed by atoms with E-state index in [2.05, 4.69) is 4.52 Å². The highest BCUT2D eigenvalue weighted by atomic mass is 32.2. The van der Waals surface area contributed by atoms with Crippen molar-refractivity contribution in [2.75, 3.05) is 26.1 Å². The molecule has 0 spiro atoms. The minimum absolute atomic E-state index is 0.301. The lowest BCUT2D eigenvalue weighted by atomic mass is 9.90. The predicted molar refractivity (Wildman–Crippen MR) is 82.6 cm³/mol. The van der Waals surface area contributed by atoms with Gasteiger partial charge in [0.1, 0.15) is 5.75 Å². The van der Waals surface area contributed by atoms with E-state index in [1.807, 2.05) is 24.3 Å². The molecule has 124 valence electrons. The molecule has 0 amide bonds. The van der Waals surface area contributed by atoms with E-state index in [-0.39, 0.29) is 0 Å². The van der Waals surface area contributed by atoms with Crippen LogP contribution in [-0.4, -0.2) is 43.8 Å². The van der Waals surface area contributed by atoms with Crippen LogP contribution in [0.15, 0.2) is 24.3 Å².